The minimum Gasteiger partial charge on any atom is -0.491 e. The van der Waals surface area contributed by atoms with Crippen LogP contribution in [0, 0.1) is 0 Å². The van der Waals surface area contributed by atoms with Crippen LogP contribution in [-0.4, -0.2) is 55.4 Å². The molecule has 0 amide bonds. The van der Waals surface area contributed by atoms with Crippen LogP contribution in [0.1, 0.15) is 25.3 Å². The highest BCUT2D eigenvalue weighted by Crippen LogP contribution is 2.31. The summed E-state index contributed by atoms with van der Waals surface area (Å²) in [4.78, 5) is 4.28. The van der Waals surface area contributed by atoms with E-state index in [1.165, 1.54) is 12.1 Å². The van der Waals surface area contributed by atoms with Crippen LogP contribution in [0.4, 0.5) is 13.2 Å². The summed E-state index contributed by atoms with van der Waals surface area (Å²) in [7, 11) is 0. The zero-order valence-electron chi connectivity index (χ0n) is 16.1. The number of aliphatic hydroxyl groups is 1. The maximum Gasteiger partial charge on any atom is 0.416 e. The Balaban J connectivity index is 0.00000729. The predicted octanol–water partition coefficient (Wildman–Crippen LogP) is 3.76. The largest absolute Gasteiger partial charge is 0.491 e. The lowest BCUT2D eigenvalue weighted by molar-refractivity contribution is -0.137. The van der Waals surface area contributed by atoms with Crippen molar-refractivity contribution in [2.75, 3.05) is 38.2 Å². The van der Waals surface area contributed by atoms with Crippen molar-refractivity contribution in [3.63, 3.8) is 0 Å². The van der Waals surface area contributed by atoms with Gasteiger partial charge in [-0.25, -0.2) is 0 Å². The van der Waals surface area contributed by atoms with Gasteiger partial charge in [0, 0.05) is 13.1 Å². The second kappa shape index (κ2) is 15.0. The van der Waals surface area contributed by atoms with Gasteiger partial charge in [0.2, 0.25) is 0 Å². The maximum absolute atomic E-state index is 12.7. The summed E-state index contributed by atoms with van der Waals surface area (Å²) < 4.78 is 43.3. The number of nitrogens with zero attached hydrogens (tertiary/aromatic N) is 1. The van der Waals surface area contributed by atoms with Crippen LogP contribution in [0.5, 0.6) is 5.75 Å². The fourth-order valence-corrected chi connectivity index (χ4v) is 2.62. The van der Waals surface area contributed by atoms with Crippen molar-refractivity contribution in [3.8, 4) is 5.75 Å². The van der Waals surface area contributed by atoms with E-state index in [-0.39, 0.29) is 42.9 Å². The highest BCUT2D eigenvalue weighted by atomic mass is 127. The fraction of sp³-hybridized carbons (Fsp3) is 0.611. The van der Waals surface area contributed by atoms with Crippen molar-refractivity contribution >= 4 is 41.7 Å². The van der Waals surface area contributed by atoms with Crippen LogP contribution in [0.15, 0.2) is 29.3 Å². The molecule has 1 aromatic rings. The number of rotatable bonds is 11. The van der Waals surface area contributed by atoms with E-state index in [9.17, 15) is 18.3 Å². The van der Waals surface area contributed by atoms with Gasteiger partial charge in [-0.2, -0.15) is 24.9 Å². The van der Waals surface area contributed by atoms with Crippen LogP contribution in [0.2, 0.25) is 0 Å². The Morgan fingerprint density at radius 3 is 2.68 bits per heavy atom. The number of benzene rings is 1. The third kappa shape index (κ3) is 11.8. The minimum atomic E-state index is -4.43. The molecule has 1 unspecified atom stereocenters. The third-order valence-corrected chi connectivity index (χ3v) is 4.17. The molecule has 0 aromatic heterocycles. The zero-order valence-corrected chi connectivity index (χ0v) is 19.2. The Hall–Kier alpha value is -0.880. The zero-order chi connectivity index (χ0) is 20.1. The maximum atomic E-state index is 12.7. The Morgan fingerprint density at radius 2 is 2.04 bits per heavy atom. The average molecular weight is 535 g/mol. The Labute approximate surface area is 185 Å². The fourth-order valence-electron chi connectivity index (χ4n) is 2.12. The van der Waals surface area contributed by atoms with Crippen LogP contribution >= 0.6 is 35.7 Å². The molecule has 0 heterocycles. The highest BCUT2D eigenvalue weighted by Gasteiger charge is 2.30. The van der Waals surface area contributed by atoms with Gasteiger partial charge in [0.05, 0.1) is 12.1 Å². The van der Waals surface area contributed by atoms with Gasteiger partial charge in [-0.05, 0) is 50.0 Å². The molecule has 0 fully saturated rings. The average Bonchev–Trinajstić information content (AvgIpc) is 2.63. The van der Waals surface area contributed by atoms with Crippen LogP contribution < -0.4 is 15.4 Å². The molecule has 1 aromatic carbocycles. The third-order valence-electron chi connectivity index (χ3n) is 3.48. The molecule has 1 atom stereocenters. The summed E-state index contributed by atoms with van der Waals surface area (Å²) in [5.41, 5.74) is -0.785. The standard InChI is InChI=1S/C18H28F3N3O2S.HI/c1-3-22-17(23-9-4-5-10-27-2)24-12-15(25)13-26-16-8-6-7-14(11-16)18(19,20)21;/h6-8,11,15,25H,3-5,9-10,12-13H2,1-2H3,(H2,22,23,24);1H. The summed E-state index contributed by atoms with van der Waals surface area (Å²) in [6.45, 7) is 3.35. The topological polar surface area (TPSA) is 65.9 Å². The molecule has 0 radical (unpaired) electrons. The number of thioether (sulfide) groups is 1. The van der Waals surface area contributed by atoms with Crippen LogP contribution in [0.3, 0.4) is 0 Å². The molecule has 0 spiro atoms. The quantitative estimate of drug-likeness (QED) is 0.174. The Kier molecular flexibility index (Phi) is 14.6. The van der Waals surface area contributed by atoms with E-state index >= 15 is 0 Å². The van der Waals surface area contributed by atoms with Gasteiger partial charge in [0.25, 0.3) is 0 Å². The molecule has 162 valence electrons. The van der Waals surface area contributed by atoms with Crippen molar-refractivity contribution in [2.24, 2.45) is 4.99 Å². The molecule has 0 aliphatic rings. The van der Waals surface area contributed by atoms with Gasteiger partial charge < -0.3 is 20.5 Å². The molecule has 28 heavy (non-hydrogen) atoms. The van der Waals surface area contributed by atoms with E-state index < -0.39 is 17.8 Å². The molecule has 10 heteroatoms. The first-order chi connectivity index (χ1) is 12.9. The van der Waals surface area contributed by atoms with Gasteiger partial charge in [-0.15, -0.1) is 24.0 Å². The van der Waals surface area contributed by atoms with Gasteiger partial charge in [0.15, 0.2) is 5.96 Å². The number of unbranched alkanes of at least 4 members (excludes halogenated alkanes) is 1. The van der Waals surface area contributed by atoms with Gasteiger partial charge >= 0.3 is 6.18 Å². The van der Waals surface area contributed by atoms with Gasteiger partial charge in [0.1, 0.15) is 18.5 Å². The molecule has 5 nitrogen and oxygen atoms in total. The van der Waals surface area contributed by atoms with E-state index in [4.69, 9.17) is 4.74 Å². The van der Waals surface area contributed by atoms with E-state index in [1.54, 1.807) is 0 Å². The van der Waals surface area contributed by atoms with Crippen molar-refractivity contribution in [2.45, 2.75) is 32.0 Å². The summed E-state index contributed by atoms with van der Waals surface area (Å²) >= 11 is 1.81. The monoisotopic (exact) mass is 535 g/mol. The predicted molar refractivity (Wildman–Crippen MR) is 120 cm³/mol. The number of ether oxygens (including phenoxy) is 1. The van der Waals surface area contributed by atoms with E-state index in [0.29, 0.717) is 12.5 Å². The molecule has 3 N–H and O–H groups in total. The minimum absolute atomic E-state index is 0. The normalized spacial score (nSPS) is 12.9. The molecular formula is C18H29F3IN3O2S. The first-order valence-corrected chi connectivity index (χ1v) is 10.3. The van der Waals surface area contributed by atoms with Gasteiger partial charge in [-0.1, -0.05) is 6.07 Å². The highest BCUT2D eigenvalue weighted by molar-refractivity contribution is 14.0. The number of guanidine groups is 1. The number of alkyl halides is 3. The number of hydrogen-bond donors (Lipinski definition) is 3. The van der Waals surface area contributed by atoms with E-state index in [2.05, 4.69) is 21.9 Å². The summed E-state index contributed by atoms with van der Waals surface area (Å²) in [6, 6.07) is 4.58. The first kappa shape index (κ1) is 27.1. The number of aliphatic hydroxyl groups excluding tert-OH is 1. The summed E-state index contributed by atoms with van der Waals surface area (Å²) in [6.07, 6.45) is -1.15. The molecule has 0 saturated carbocycles. The summed E-state index contributed by atoms with van der Waals surface area (Å²) in [5, 5.41) is 16.3. The Morgan fingerprint density at radius 1 is 1.29 bits per heavy atom. The SMILES string of the molecule is CCNC(=NCC(O)COc1cccc(C(F)(F)F)c1)NCCCCSC.I. The second-order valence-corrected chi connectivity index (χ2v) is 6.82. The van der Waals surface area contributed by atoms with E-state index in [0.717, 1.165) is 37.3 Å². The van der Waals surface area contributed by atoms with Crippen molar-refractivity contribution in [1.29, 1.82) is 0 Å². The molecule has 0 bridgehead atoms. The second-order valence-electron chi connectivity index (χ2n) is 5.84. The lowest BCUT2D eigenvalue weighted by atomic mass is 10.2. The number of hydrogen-bond acceptors (Lipinski definition) is 4. The molecule has 0 saturated heterocycles. The first-order valence-electron chi connectivity index (χ1n) is 8.86. The lowest BCUT2D eigenvalue weighted by Crippen LogP contribution is -2.38. The van der Waals surface area contributed by atoms with Crippen LogP contribution in [0.25, 0.3) is 0 Å². The van der Waals surface area contributed by atoms with Gasteiger partial charge in [-0.3, -0.25) is 4.99 Å². The van der Waals surface area contributed by atoms with E-state index in [1.807, 2.05) is 18.7 Å². The summed E-state index contributed by atoms with van der Waals surface area (Å²) in [5.74, 6) is 1.77. The smallest absolute Gasteiger partial charge is 0.416 e. The lowest BCUT2D eigenvalue weighted by Gasteiger charge is -2.14. The Bertz CT molecular complexity index is 577. The molecule has 0 aliphatic carbocycles. The molecule has 1 rings (SSSR count). The number of halogens is 4. The number of aliphatic imine (C=N–C) groups is 1. The number of nitrogens with one attached hydrogen (secondary N) is 2. The van der Waals surface area contributed by atoms with Crippen molar-refractivity contribution < 1.29 is 23.0 Å². The van der Waals surface area contributed by atoms with Crippen molar-refractivity contribution in [1.82, 2.24) is 10.6 Å². The van der Waals surface area contributed by atoms with Crippen LogP contribution in [-0.2, 0) is 6.18 Å². The molecular weight excluding hydrogens is 506 g/mol. The van der Waals surface area contributed by atoms with Crippen molar-refractivity contribution in [3.05, 3.63) is 29.8 Å². The molecule has 0 aliphatic heterocycles.